The molecule has 44 valence electrons. The number of hydrogen-bond donors (Lipinski definition) is 1. The smallest absolute Gasteiger partial charge is 0.229 e. The second kappa shape index (κ2) is 2.03. The highest BCUT2D eigenvalue weighted by Crippen LogP contribution is 2.02. The molecule has 1 N–H and O–H groups in total. The summed E-state index contributed by atoms with van der Waals surface area (Å²) in [6.07, 6.45) is 1.38. The fourth-order valence-electron chi connectivity index (χ4n) is 0.632. The maximum Gasteiger partial charge on any atom is 0.229 e. The van der Waals surface area contributed by atoms with Crippen molar-refractivity contribution in [3.63, 3.8) is 0 Å². The van der Waals surface area contributed by atoms with Crippen LogP contribution in [0.1, 0.15) is 12.8 Å². The summed E-state index contributed by atoms with van der Waals surface area (Å²) < 4.78 is 12.1. The SMILES string of the molecule is N=C1CCCN=C1F. The number of halogens is 1. The van der Waals surface area contributed by atoms with Crippen molar-refractivity contribution in [3.05, 3.63) is 0 Å². The van der Waals surface area contributed by atoms with E-state index in [0.29, 0.717) is 13.0 Å². The normalized spacial score (nSPS) is 20.6. The zero-order valence-corrected chi connectivity index (χ0v) is 4.45. The van der Waals surface area contributed by atoms with Gasteiger partial charge in [-0.1, -0.05) is 0 Å². The molecular formula is C5H7FN2. The summed E-state index contributed by atoms with van der Waals surface area (Å²) in [5, 5.41) is 6.89. The molecule has 0 fully saturated rings. The second-order valence-electron chi connectivity index (χ2n) is 1.75. The minimum absolute atomic E-state index is 0.0521. The lowest BCUT2D eigenvalue weighted by molar-refractivity contribution is 0.758. The topological polar surface area (TPSA) is 36.2 Å². The predicted molar refractivity (Wildman–Crippen MR) is 30.4 cm³/mol. The molecule has 0 aromatic rings. The van der Waals surface area contributed by atoms with E-state index in [-0.39, 0.29) is 5.71 Å². The van der Waals surface area contributed by atoms with Crippen molar-refractivity contribution >= 4 is 11.7 Å². The molecule has 0 saturated carbocycles. The summed E-state index contributed by atoms with van der Waals surface area (Å²) >= 11 is 0. The van der Waals surface area contributed by atoms with Crippen molar-refractivity contribution in [2.45, 2.75) is 12.8 Å². The van der Waals surface area contributed by atoms with E-state index in [1.165, 1.54) is 0 Å². The van der Waals surface area contributed by atoms with Crippen LogP contribution in [-0.2, 0) is 0 Å². The lowest BCUT2D eigenvalue weighted by Crippen LogP contribution is -2.13. The second-order valence-corrected chi connectivity index (χ2v) is 1.75. The largest absolute Gasteiger partial charge is 0.301 e. The van der Waals surface area contributed by atoms with Crippen LogP contribution in [-0.4, -0.2) is 18.2 Å². The maximum absolute atomic E-state index is 12.1. The lowest BCUT2D eigenvalue weighted by atomic mass is 10.2. The van der Waals surface area contributed by atoms with Crippen molar-refractivity contribution in [2.75, 3.05) is 6.54 Å². The van der Waals surface area contributed by atoms with Gasteiger partial charge in [0, 0.05) is 6.54 Å². The molecule has 0 spiro atoms. The first kappa shape index (κ1) is 5.41. The van der Waals surface area contributed by atoms with Gasteiger partial charge in [0.25, 0.3) is 0 Å². The number of nitrogens with zero attached hydrogens (tertiary/aromatic N) is 1. The van der Waals surface area contributed by atoms with Crippen LogP contribution in [0.4, 0.5) is 4.39 Å². The van der Waals surface area contributed by atoms with Gasteiger partial charge in [0.1, 0.15) is 0 Å². The zero-order chi connectivity index (χ0) is 5.98. The lowest BCUT2D eigenvalue weighted by Gasteiger charge is -2.03. The molecule has 8 heavy (non-hydrogen) atoms. The highest BCUT2D eigenvalue weighted by Gasteiger charge is 2.08. The van der Waals surface area contributed by atoms with Gasteiger partial charge in [0.2, 0.25) is 5.97 Å². The zero-order valence-electron chi connectivity index (χ0n) is 4.45. The van der Waals surface area contributed by atoms with Crippen LogP contribution in [0.25, 0.3) is 0 Å². The molecule has 1 aliphatic heterocycles. The Kier molecular flexibility index (Phi) is 1.37. The van der Waals surface area contributed by atoms with Crippen LogP contribution in [0.2, 0.25) is 0 Å². The van der Waals surface area contributed by atoms with Gasteiger partial charge >= 0.3 is 0 Å². The Bertz CT molecular complexity index is 139. The molecule has 0 aromatic heterocycles. The van der Waals surface area contributed by atoms with Gasteiger partial charge in [-0.05, 0) is 12.8 Å². The van der Waals surface area contributed by atoms with E-state index in [1.807, 2.05) is 0 Å². The fraction of sp³-hybridized carbons (Fsp3) is 0.600. The van der Waals surface area contributed by atoms with Gasteiger partial charge in [-0.2, -0.15) is 4.39 Å². The Balaban J connectivity index is 2.67. The third kappa shape index (κ3) is 0.911. The minimum Gasteiger partial charge on any atom is -0.301 e. The van der Waals surface area contributed by atoms with Gasteiger partial charge in [-0.15, -0.1) is 0 Å². The molecule has 0 unspecified atom stereocenters. The molecule has 0 amide bonds. The number of rotatable bonds is 0. The predicted octanol–water partition coefficient (Wildman–Crippen LogP) is 1.17. The van der Waals surface area contributed by atoms with Crippen LogP contribution >= 0.6 is 0 Å². The van der Waals surface area contributed by atoms with Gasteiger partial charge in [0.05, 0.1) is 5.71 Å². The molecule has 0 aliphatic carbocycles. The van der Waals surface area contributed by atoms with E-state index in [4.69, 9.17) is 5.41 Å². The van der Waals surface area contributed by atoms with Crippen molar-refractivity contribution < 1.29 is 4.39 Å². The number of hydrogen-bond acceptors (Lipinski definition) is 2. The van der Waals surface area contributed by atoms with Crippen LogP contribution in [0.15, 0.2) is 4.99 Å². The molecule has 0 atom stereocenters. The first-order valence-electron chi connectivity index (χ1n) is 2.58. The first-order chi connectivity index (χ1) is 3.80. The van der Waals surface area contributed by atoms with Crippen molar-refractivity contribution in [1.29, 1.82) is 5.41 Å². The van der Waals surface area contributed by atoms with Crippen molar-refractivity contribution in [3.8, 4) is 0 Å². The molecule has 1 aliphatic rings. The molecule has 2 nitrogen and oxygen atoms in total. The summed E-state index contributed by atoms with van der Waals surface area (Å²) in [6.45, 7) is 0.550. The third-order valence-electron chi connectivity index (χ3n) is 1.08. The molecule has 3 heteroatoms. The van der Waals surface area contributed by atoms with E-state index < -0.39 is 5.97 Å². The monoisotopic (exact) mass is 114 g/mol. The summed E-state index contributed by atoms with van der Waals surface area (Å²) in [6, 6.07) is 0. The molecule has 0 bridgehead atoms. The maximum atomic E-state index is 12.1. The fourth-order valence-corrected chi connectivity index (χ4v) is 0.632. The van der Waals surface area contributed by atoms with Crippen LogP contribution in [0, 0.1) is 5.41 Å². The van der Waals surface area contributed by atoms with Crippen LogP contribution < -0.4 is 0 Å². The number of nitrogens with one attached hydrogen (secondary N) is 1. The standard InChI is InChI=1S/C5H7FN2/c6-5-4(7)2-1-3-8-5/h7H,1-3H2. The molecule has 0 radical (unpaired) electrons. The minimum atomic E-state index is -0.573. The van der Waals surface area contributed by atoms with E-state index in [9.17, 15) is 4.39 Å². The molecule has 0 aromatic carbocycles. The van der Waals surface area contributed by atoms with Gasteiger partial charge < -0.3 is 5.41 Å². The first-order valence-corrected chi connectivity index (χ1v) is 2.58. The van der Waals surface area contributed by atoms with E-state index in [2.05, 4.69) is 4.99 Å². The summed E-state index contributed by atoms with van der Waals surface area (Å²) in [5.41, 5.74) is 0.0521. The highest BCUT2D eigenvalue weighted by atomic mass is 19.1. The molecule has 1 heterocycles. The Morgan fingerprint density at radius 3 is 2.75 bits per heavy atom. The quantitative estimate of drug-likeness (QED) is 0.490. The molecule has 1 rings (SSSR count). The van der Waals surface area contributed by atoms with Gasteiger partial charge in [0.15, 0.2) is 0 Å². The molecular weight excluding hydrogens is 107 g/mol. The van der Waals surface area contributed by atoms with E-state index in [1.54, 1.807) is 0 Å². The summed E-state index contributed by atoms with van der Waals surface area (Å²) in [5.74, 6) is -0.573. The Morgan fingerprint density at radius 2 is 2.38 bits per heavy atom. The Labute approximate surface area is 46.9 Å². The highest BCUT2D eigenvalue weighted by molar-refractivity contribution is 6.37. The van der Waals surface area contributed by atoms with Crippen molar-refractivity contribution in [1.82, 2.24) is 0 Å². The van der Waals surface area contributed by atoms with Crippen molar-refractivity contribution in [2.24, 2.45) is 4.99 Å². The van der Waals surface area contributed by atoms with Gasteiger partial charge in [-0.25, -0.2) is 0 Å². The average Bonchev–Trinajstić information content (AvgIpc) is 1.77. The van der Waals surface area contributed by atoms with Crippen LogP contribution in [0.5, 0.6) is 0 Å². The molecule has 0 saturated heterocycles. The van der Waals surface area contributed by atoms with Crippen LogP contribution in [0.3, 0.4) is 0 Å². The third-order valence-corrected chi connectivity index (χ3v) is 1.08. The average molecular weight is 114 g/mol. The van der Waals surface area contributed by atoms with E-state index in [0.717, 1.165) is 6.42 Å². The summed E-state index contributed by atoms with van der Waals surface area (Å²) in [7, 11) is 0. The number of aliphatic imine (C=N–C) groups is 1. The van der Waals surface area contributed by atoms with Gasteiger partial charge in [-0.3, -0.25) is 4.99 Å². The summed E-state index contributed by atoms with van der Waals surface area (Å²) in [4.78, 5) is 3.44. The Hall–Kier alpha value is -0.730. The Morgan fingerprint density at radius 1 is 1.62 bits per heavy atom. The van der Waals surface area contributed by atoms with E-state index >= 15 is 0 Å².